The summed E-state index contributed by atoms with van der Waals surface area (Å²) < 4.78 is 2.01. The van der Waals surface area contributed by atoms with Gasteiger partial charge >= 0.3 is 0 Å². The van der Waals surface area contributed by atoms with Gasteiger partial charge in [0.15, 0.2) is 11.3 Å². The van der Waals surface area contributed by atoms with E-state index in [4.69, 9.17) is 12.2 Å². The van der Waals surface area contributed by atoms with E-state index in [0.29, 0.717) is 16.2 Å². The number of H-pyrrole nitrogens is 2. The predicted octanol–water partition coefficient (Wildman–Crippen LogP) is 1.14. The van der Waals surface area contributed by atoms with Gasteiger partial charge in [-0.3, -0.25) is 14.6 Å². The van der Waals surface area contributed by atoms with Crippen molar-refractivity contribution in [3.05, 3.63) is 33.0 Å². The van der Waals surface area contributed by atoms with Crippen LogP contribution in [0, 0.1) is 11.7 Å². The molecule has 0 amide bonds. The van der Waals surface area contributed by atoms with Crippen molar-refractivity contribution in [2.45, 2.75) is 6.92 Å². The van der Waals surface area contributed by atoms with Crippen LogP contribution in [0.2, 0.25) is 0 Å². The molecular formula is C9H10N4OS. The lowest BCUT2D eigenvalue weighted by molar-refractivity contribution is 0.756. The molecule has 2 N–H and O–H groups in total. The molecule has 0 radical (unpaired) electrons. The van der Waals surface area contributed by atoms with Crippen LogP contribution in [0.4, 0.5) is 0 Å². The van der Waals surface area contributed by atoms with Crippen LogP contribution in [0.15, 0.2) is 17.1 Å². The molecule has 0 bridgehead atoms. The van der Waals surface area contributed by atoms with Crippen molar-refractivity contribution in [1.82, 2.24) is 19.7 Å². The highest BCUT2D eigenvalue weighted by Gasteiger charge is 2.07. The first-order chi connectivity index (χ1) is 7.08. The zero-order valence-corrected chi connectivity index (χ0v) is 9.18. The molecule has 2 heterocycles. The third-order valence-corrected chi connectivity index (χ3v) is 2.45. The minimum absolute atomic E-state index is 0.0735. The first-order valence-corrected chi connectivity index (χ1v) is 4.81. The van der Waals surface area contributed by atoms with Crippen LogP contribution >= 0.6 is 12.2 Å². The summed E-state index contributed by atoms with van der Waals surface area (Å²) in [7, 11) is 1.75. The predicted molar refractivity (Wildman–Crippen MR) is 59.2 cm³/mol. The molecule has 0 aliphatic heterocycles. The molecule has 0 aliphatic carbocycles. The lowest BCUT2D eigenvalue weighted by Gasteiger charge is -1.96. The maximum absolute atomic E-state index is 11.6. The van der Waals surface area contributed by atoms with E-state index in [-0.39, 0.29) is 5.43 Å². The Hall–Kier alpha value is -1.69. The second-order valence-corrected chi connectivity index (χ2v) is 3.67. The van der Waals surface area contributed by atoms with Gasteiger partial charge < -0.3 is 4.98 Å². The van der Waals surface area contributed by atoms with E-state index < -0.39 is 0 Å². The molecule has 2 aromatic rings. The van der Waals surface area contributed by atoms with Gasteiger partial charge in [-0.25, -0.2) is 0 Å². The molecule has 2 aromatic heterocycles. The van der Waals surface area contributed by atoms with Crippen molar-refractivity contribution in [3.8, 4) is 11.4 Å². The van der Waals surface area contributed by atoms with Crippen molar-refractivity contribution in [3.63, 3.8) is 0 Å². The Balaban J connectivity index is 2.64. The fraction of sp³-hybridized carbons (Fsp3) is 0.222. The molecule has 0 saturated heterocycles. The third kappa shape index (κ3) is 1.75. The number of nitrogens with zero attached hydrogens (tertiary/aromatic N) is 2. The van der Waals surface area contributed by atoms with Gasteiger partial charge in [0, 0.05) is 25.0 Å². The summed E-state index contributed by atoms with van der Waals surface area (Å²) in [6, 6.07) is 1.53. The van der Waals surface area contributed by atoms with Gasteiger partial charge in [-0.2, -0.15) is 4.98 Å². The van der Waals surface area contributed by atoms with Crippen LogP contribution in [0.25, 0.3) is 11.4 Å². The summed E-state index contributed by atoms with van der Waals surface area (Å²) in [5.41, 5.74) is 1.24. The summed E-state index contributed by atoms with van der Waals surface area (Å²) in [6.45, 7) is 1.83. The minimum Gasteiger partial charge on any atom is -0.364 e. The second-order valence-electron chi connectivity index (χ2n) is 3.31. The number of pyridine rings is 1. The summed E-state index contributed by atoms with van der Waals surface area (Å²) in [5, 5.41) is 2.90. The number of aryl methyl sites for hydroxylation is 2. The molecule has 78 valence electrons. The van der Waals surface area contributed by atoms with E-state index in [1.807, 2.05) is 6.92 Å². The molecule has 0 unspecified atom stereocenters. The number of hydrogen-bond donors (Lipinski definition) is 2. The van der Waals surface area contributed by atoms with E-state index in [2.05, 4.69) is 15.1 Å². The van der Waals surface area contributed by atoms with Crippen LogP contribution < -0.4 is 5.43 Å². The Morgan fingerprint density at radius 2 is 2.27 bits per heavy atom. The maximum Gasteiger partial charge on any atom is 0.216 e. The highest BCUT2D eigenvalue weighted by Crippen LogP contribution is 2.07. The van der Waals surface area contributed by atoms with Crippen molar-refractivity contribution in [2.24, 2.45) is 7.05 Å². The first-order valence-electron chi connectivity index (χ1n) is 4.40. The first kappa shape index (κ1) is 9.85. The van der Waals surface area contributed by atoms with Gasteiger partial charge in [0.1, 0.15) is 0 Å². The van der Waals surface area contributed by atoms with Crippen molar-refractivity contribution in [1.29, 1.82) is 0 Å². The molecule has 0 atom stereocenters. The van der Waals surface area contributed by atoms with E-state index in [9.17, 15) is 4.79 Å². The van der Waals surface area contributed by atoms with Gasteiger partial charge in [0.2, 0.25) is 4.77 Å². The number of nitrogens with one attached hydrogen (secondary N) is 2. The highest BCUT2D eigenvalue weighted by molar-refractivity contribution is 7.71. The third-order valence-electron chi connectivity index (χ3n) is 2.08. The van der Waals surface area contributed by atoms with E-state index in [1.165, 1.54) is 6.07 Å². The zero-order valence-electron chi connectivity index (χ0n) is 8.37. The smallest absolute Gasteiger partial charge is 0.216 e. The standard InChI is InChI=1S/C9H10N4OS/c1-5-3-7(14)6(4-10-5)8-11-9(15)13(2)12-8/h3-4H,1-2H3,(H,10,14)(H,11,12,15). The Labute approximate surface area is 90.8 Å². The molecule has 0 saturated carbocycles. The maximum atomic E-state index is 11.6. The molecule has 0 fully saturated rings. The fourth-order valence-corrected chi connectivity index (χ4v) is 1.42. The normalized spacial score (nSPS) is 10.5. The van der Waals surface area contributed by atoms with E-state index in [0.717, 1.165) is 5.69 Å². The van der Waals surface area contributed by atoms with Gasteiger partial charge in [-0.05, 0) is 19.1 Å². The molecular weight excluding hydrogens is 212 g/mol. The lowest BCUT2D eigenvalue weighted by atomic mass is 10.2. The van der Waals surface area contributed by atoms with Crippen molar-refractivity contribution in [2.75, 3.05) is 0 Å². The topological polar surface area (TPSA) is 66.5 Å². The molecule has 2 rings (SSSR count). The summed E-state index contributed by atoms with van der Waals surface area (Å²) in [4.78, 5) is 18.7. The number of hydrogen-bond acceptors (Lipinski definition) is 3. The zero-order chi connectivity index (χ0) is 11.0. The second kappa shape index (κ2) is 3.47. The SMILES string of the molecule is Cc1cc(=O)c(-c2nc(=S)n(C)[nH]2)c[nH]1. The molecule has 0 aliphatic rings. The Morgan fingerprint density at radius 3 is 2.80 bits per heavy atom. The molecule has 6 heteroatoms. The number of aromatic amines is 2. The fourth-order valence-electron chi connectivity index (χ4n) is 1.28. The highest BCUT2D eigenvalue weighted by atomic mass is 32.1. The average molecular weight is 222 g/mol. The van der Waals surface area contributed by atoms with Gasteiger partial charge in [-0.1, -0.05) is 0 Å². The average Bonchev–Trinajstić information content (AvgIpc) is 2.46. The van der Waals surface area contributed by atoms with Crippen molar-refractivity contribution >= 4 is 12.2 Å². The molecule has 0 aromatic carbocycles. The lowest BCUT2D eigenvalue weighted by Crippen LogP contribution is -2.06. The molecule has 15 heavy (non-hydrogen) atoms. The van der Waals surface area contributed by atoms with Gasteiger partial charge in [0.05, 0.1) is 5.56 Å². The van der Waals surface area contributed by atoms with Gasteiger partial charge in [0.25, 0.3) is 0 Å². The number of aromatic nitrogens is 4. The van der Waals surface area contributed by atoms with Crippen molar-refractivity contribution < 1.29 is 0 Å². The largest absolute Gasteiger partial charge is 0.364 e. The molecule has 5 nitrogen and oxygen atoms in total. The van der Waals surface area contributed by atoms with Crippen LogP contribution in [-0.4, -0.2) is 19.7 Å². The van der Waals surface area contributed by atoms with Gasteiger partial charge in [-0.15, -0.1) is 0 Å². The van der Waals surface area contributed by atoms with E-state index in [1.54, 1.807) is 17.9 Å². The Morgan fingerprint density at radius 1 is 1.53 bits per heavy atom. The van der Waals surface area contributed by atoms with Crippen LogP contribution in [0.1, 0.15) is 5.69 Å². The van der Waals surface area contributed by atoms with Crippen LogP contribution in [-0.2, 0) is 7.05 Å². The van der Waals surface area contributed by atoms with Crippen LogP contribution in [0.3, 0.4) is 0 Å². The Bertz CT molecular complexity index is 607. The summed E-state index contributed by atoms with van der Waals surface area (Å²) in [6.07, 6.45) is 1.63. The Kier molecular flexibility index (Phi) is 2.28. The quantitative estimate of drug-likeness (QED) is 0.711. The van der Waals surface area contributed by atoms with Crippen LogP contribution in [0.5, 0.6) is 0 Å². The molecule has 0 spiro atoms. The summed E-state index contributed by atoms with van der Waals surface area (Å²) >= 11 is 4.95. The summed E-state index contributed by atoms with van der Waals surface area (Å²) in [5.74, 6) is 0.490. The minimum atomic E-state index is -0.0735. The van der Waals surface area contributed by atoms with E-state index >= 15 is 0 Å². The number of rotatable bonds is 1. The monoisotopic (exact) mass is 222 g/mol.